The van der Waals surface area contributed by atoms with Crippen LogP contribution in [0, 0.1) is 0 Å². The van der Waals surface area contributed by atoms with Crippen LogP contribution in [-0.4, -0.2) is 34.0 Å². The quantitative estimate of drug-likeness (QED) is 0.897. The Morgan fingerprint density at radius 3 is 2.74 bits per heavy atom. The summed E-state index contributed by atoms with van der Waals surface area (Å²) in [4.78, 5) is 0. The van der Waals surface area contributed by atoms with Crippen molar-refractivity contribution >= 4 is 9.84 Å². The van der Waals surface area contributed by atoms with Gasteiger partial charge in [-0.25, -0.2) is 8.42 Å². The molecule has 1 unspecified atom stereocenters. The molecule has 0 saturated carbocycles. The largest absolute Gasteiger partial charge is 0.319 e. The first-order valence-corrected chi connectivity index (χ1v) is 8.94. The van der Waals surface area contributed by atoms with E-state index >= 15 is 0 Å². The Kier molecular flexibility index (Phi) is 4.31. The van der Waals surface area contributed by atoms with E-state index in [0.717, 1.165) is 25.8 Å². The Bertz CT molecular complexity index is 539. The van der Waals surface area contributed by atoms with Crippen molar-refractivity contribution in [3.8, 4) is 0 Å². The second-order valence-corrected chi connectivity index (χ2v) is 7.96. The zero-order chi connectivity index (χ0) is 13.9. The minimum absolute atomic E-state index is 0.0212. The van der Waals surface area contributed by atoms with Gasteiger partial charge in [0.1, 0.15) is 9.84 Å². The van der Waals surface area contributed by atoms with Gasteiger partial charge < -0.3 is 5.32 Å². The monoisotopic (exact) mass is 281 g/mol. The smallest absolute Gasteiger partial charge is 0.147 e. The zero-order valence-corrected chi connectivity index (χ0v) is 12.6. The first kappa shape index (κ1) is 14.5. The van der Waals surface area contributed by atoms with Crippen LogP contribution < -0.4 is 5.32 Å². The Hall–Kier alpha value is -0.870. The Morgan fingerprint density at radius 2 is 2.05 bits per heavy atom. The molecule has 1 N–H and O–H groups in total. The number of hydrogen-bond donors (Lipinski definition) is 1. The summed E-state index contributed by atoms with van der Waals surface area (Å²) in [5, 5.41) is 3.26. The van der Waals surface area contributed by atoms with Gasteiger partial charge in [0.15, 0.2) is 0 Å². The number of benzene rings is 1. The summed E-state index contributed by atoms with van der Waals surface area (Å²) in [6, 6.07) is 8.49. The molecule has 1 aliphatic carbocycles. The first-order chi connectivity index (χ1) is 8.97. The predicted octanol–water partition coefficient (Wildman–Crippen LogP) is 1.91. The Labute approximate surface area is 116 Å². The molecular formula is C15H23NO2S. The molecule has 3 nitrogen and oxygen atoms in total. The van der Waals surface area contributed by atoms with E-state index in [0.29, 0.717) is 6.42 Å². The van der Waals surface area contributed by atoms with Crippen molar-refractivity contribution in [2.24, 2.45) is 0 Å². The molecule has 4 heteroatoms. The van der Waals surface area contributed by atoms with E-state index < -0.39 is 9.84 Å². The first-order valence-electron chi connectivity index (χ1n) is 6.88. The molecule has 1 aromatic rings. The van der Waals surface area contributed by atoms with Gasteiger partial charge in [-0.15, -0.1) is 0 Å². The van der Waals surface area contributed by atoms with Crippen LogP contribution in [0.15, 0.2) is 24.3 Å². The Balaban J connectivity index is 2.35. The maximum absolute atomic E-state index is 11.5. The third-order valence-electron chi connectivity index (χ3n) is 4.16. The number of nitrogens with one attached hydrogen (secondary N) is 1. The van der Waals surface area contributed by atoms with Crippen LogP contribution in [0.25, 0.3) is 0 Å². The van der Waals surface area contributed by atoms with Gasteiger partial charge in [-0.05, 0) is 43.9 Å². The third kappa shape index (κ3) is 3.37. The topological polar surface area (TPSA) is 46.2 Å². The van der Waals surface area contributed by atoms with Crippen molar-refractivity contribution in [3.63, 3.8) is 0 Å². The lowest BCUT2D eigenvalue weighted by Crippen LogP contribution is -2.41. The van der Waals surface area contributed by atoms with E-state index in [-0.39, 0.29) is 11.2 Å². The summed E-state index contributed by atoms with van der Waals surface area (Å²) in [6.07, 6.45) is 5.36. The van der Waals surface area contributed by atoms with E-state index in [9.17, 15) is 8.42 Å². The lowest BCUT2D eigenvalue weighted by molar-refractivity contribution is 0.337. The van der Waals surface area contributed by atoms with Gasteiger partial charge in [-0.2, -0.15) is 0 Å². The normalized spacial score (nSPS) is 23.1. The van der Waals surface area contributed by atoms with Crippen LogP contribution in [0.4, 0.5) is 0 Å². The van der Waals surface area contributed by atoms with Gasteiger partial charge in [0.05, 0.1) is 5.75 Å². The number of likely N-dealkylation sites (N-methyl/N-ethyl adjacent to an activating group) is 1. The van der Waals surface area contributed by atoms with Gasteiger partial charge in [-0.1, -0.05) is 24.3 Å². The molecule has 1 aliphatic rings. The van der Waals surface area contributed by atoms with Crippen LogP contribution in [0.3, 0.4) is 0 Å². The predicted molar refractivity (Wildman–Crippen MR) is 79.3 cm³/mol. The molecule has 0 bridgehead atoms. The average Bonchev–Trinajstić information content (AvgIpc) is 2.37. The van der Waals surface area contributed by atoms with Gasteiger partial charge in [-0.3, -0.25) is 0 Å². The molecular weight excluding hydrogens is 258 g/mol. The van der Waals surface area contributed by atoms with Crippen molar-refractivity contribution in [3.05, 3.63) is 35.4 Å². The molecule has 0 spiro atoms. The molecule has 0 aromatic heterocycles. The molecule has 0 aliphatic heterocycles. The van der Waals surface area contributed by atoms with Crippen LogP contribution in [0.2, 0.25) is 0 Å². The molecule has 1 aromatic carbocycles. The summed E-state index contributed by atoms with van der Waals surface area (Å²) in [5.41, 5.74) is 2.71. The van der Waals surface area contributed by atoms with Crippen molar-refractivity contribution in [1.82, 2.24) is 5.32 Å². The summed E-state index contributed by atoms with van der Waals surface area (Å²) >= 11 is 0. The number of fused-ring (bicyclic) bond motifs is 1. The zero-order valence-electron chi connectivity index (χ0n) is 11.8. The van der Waals surface area contributed by atoms with Crippen LogP contribution in [0.5, 0.6) is 0 Å². The minimum atomic E-state index is -2.91. The molecule has 19 heavy (non-hydrogen) atoms. The maximum atomic E-state index is 11.5. The van der Waals surface area contributed by atoms with Gasteiger partial charge >= 0.3 is 0 Å². The summed E-state index contributed by atoms with van der Waals surface area (Å²) in [6.45, 7) is 0.847. The third-order valence-corrected chi connectivity index (χ3v) is 5.10. The molecule has 0 heterocycles. The molecule has 106 valence electrons. The second kappa shape index (κ2) is 5.63. The minimum Gasteiger partial charge on any atom is -0.319 e. The van der Waals surface area contributed by atoms with Gasteiger partial charge in [0.25, 0.3) is 0 Å². The molecule has 0 fully saturated rings. The second-order valence-electron chi connectivity index (χ2n) is 5.70. The fourth-order valence-electron chi connectivity index (χ4n) is 3.26. The molecule has 0 radical (unpaired) electrons. The van der Waals surface area contributed by atoms with E-state index in [1.165, 1.54) is 17.4 Å². The van der Waals surface area contributed by atoms with E-state index in [2.05, 4.69) is 29.6 Å². The summed E-state index contributed by atoms with van der Waals surface area (Å²) in [5.74, 6) is 0.267. The number of aryl methyl sites for hydroxylation is 1. The number of sulfone groups is 1. The van der Waals surface area contributed by atoms with Crippen molar-refractivity contribution in [2.45, 2.75) is 31.1 Å². The van der Waals surface area contributed by atoms with Crippen molar-refractivity contribution < 1.29 is 8.42 Å². The lowest BCUT2D eigenvalue weighted by atomic mass is 9.68. The van der Waals surface area contributed by atoms with Crippen LogP contribution in [-0.2, 0) is 21.7 Å². The fraction of sp³-hybridized carbons (Fsp3) is 0.600. The van der Waals surface area contributed by atoms with Crippen LogP contribution in [0.1, 0.15) is 30.4 Å². The molecule has 0 amide bonds. The fourth-order valence-corrected chi connectivity index (χ4v) is 4.02. The standard InChI is InChI=1S/C15H23NO2S/c1-16-12-15(10-11-19(2,17)18)9-5-7-13-6-3-4-8-14(13)15/h3-4,6,8,16H,5,7,9-12H2,1-2H3. The van der Waals surface area contributed by atoms with Gasteiger partial charge in [0.2, 0.25) is 0 Å². The highest BCUT2D eigenvalue weighted by atomic mass is 32.2. The van der Waals surface area contributed by atoms with E-state index in [1.807, 2.05) is 7.05 Å². The highest BCUT2D eigenvalue weighted by Crippen LogP contribution is 2.39. The summed E-state index contributed by atoms with van der Waals surface area (Å²) < 4.78 is 23.0. The number of hydrogen-bond acceptors (Lipinski definition) is 3. The van der Waals surface area contributed by atoms with Crippen molar-refractivity contribution in [1.29, 1.82) is 0 Å². The molecule has 0 saturated heterocycles. The highest BCUT2D eigenvalue weighted by molar-refractivity contribution is 7.90. The van der Waals surface area contributed by atoms with Gasteiger partial charge in [0, 0.05) is 18.2 Å². The van der Waals surface area contributed by atoms with E-state index in [1.54, 1.807) is 0 Å². The Morgan fingerprint density at radius 1 is 1.32 bits per heavy atom. The molecule has 2 rings (SSSR count). The maximum Gasteiger partial charge on any atom is 0.147 e. The van der Waals surface area contributed by atoms with E-state index in [4.69, 9.17) is 0 Å². The summed E-state index contributed by atoms with van der Waals surface area (Å²) in [7, 11) is -0.966. The highest BCUT2D eigenvalue weighted by Gasteiger charge is 2.36. The molecule has 1 atom stereocenters. The van der Waals surface area contributed by atoms with Crippen molar-refractivity contribution in [2.75, 3.05) is 25.6 Å². The number of rotatable bonds is 5. The van der Waals surface area contributed by atoms with Crippen LogP contribution >= 0.6 is 0 Å². The average molecular weight is 281 g/mol. The lowest BCUT2D eigenvalue weighted by Gasteiger charge is -2.39. The SMILES string of the molecule is CNCC1(CCS(C)(=O)=O)CCCc2ccccc21.